The van der Waals surface area contributed by atoms with Gasteiger partial charge >= 0.3 is 0 Å². The second-order valence-corrected chi connectivity index (χ2v) is 5.16. The predicted molar refractivity (Wildman–Crippen MR) is 76.1 cm³/mol. The molecule has 0 aliphatic heterocycles. The van der Waals surface area contributed by atoms with Gasteiger partial charge in [-0.1, -0.05) is 63.2 Å². The molecule has 1 nitrogen and oxygen atoms in total. The van der Waals surface area contributed by atoms with Crippen LogP contribution >= 0.6 is 0 Å². The Morgan fingerprint density at radius 2 is 1.61 bits per heavy atom. The first-order chi connectivity index (χ1) is 8.57. The van der Waals surface area contributed by atoms with Crippen LogP contribution in [0.3, 0.4) is 0 Å². The van der Waals surface area contributed by atoms with Crippen LogP contribution in [-0.2, 0) is 11.8 Å². The van der Waals surface area contributed by atoms with Crippen molar-refractivity contribution >= 4 is 0 Å². The standard InChI is InChI=1S/C17H20O/c1-4-13-9-8-12-15(18)16(13)17(2,3)14-10-6-5-7-11-14/h5-12,18H,4H2,1-3H3. The Bertz CT molecular complexity index is 527. The van der Waals surface area contributed by atoms with Crippen molar-refractivity contribution in [2.45, 2.75) is 32.6 Å². The molecule has 0 fully saturated rings. The van der Waals surface area contributed by atoms with Gasteiger partial charge in [-0.05, 0) is 23.6 Å². The van der Waals surface area contributed by atoms with Crippen LogP contribution in [0.1, 0.15) is 37.5 Å². The highest BCUT2D eigenvalue weighted by molar-refractivity contribution is 5.49. The molecule has 0 amide bonds. The minimum Gasteiger partial charge on any atom is -0.508 e. The van der Waals surface area contributed by atoms with Gasteiger partial charge in [0, 0.05) is 11.0 Å². The Morgan fingerprint density at radius 1 is 0.944 bits per heavy atom. The van der Waals surface area contributed by atoms with E-state index in [2.05, 4.69) is 39.0 Å². The van der Waals surface area contributed by atoms with Gasteiger partial charge in [-0.2, -0.15) is 0 Å². The molecule has 0 aliphatic rings. The highest BCUT2D eigenvalue weighted by Crippen LogP contribution is 2.39. The molecule has 94 valence electrons. The van der Waals surface area contributed by atoms with Crippen LogP contribution in [-0.4, -0.2) is 5.11 Å². The van der Waals surface area contributed by atoms with E-state index in [1.54, 1.807) is 6.07 Å². The Morgan fingerprint density at radius 3 is 2.22 bits per heavy atom. The van der Waals surface area contributed by atoms with E-state index in [1.807, 2.05) is 24.3 Å². The van der Waals surface area contributed by atoms with Crippen molar-refractivity contribution in [1.29, 1.82) is 0 Å². The number of phenols is 1. The van der Waals surface area contributed by atoms with Crippen LogP contribution in [0.25, 0.3) is 0 Å². The Hall–Kier alpha value is -1.76. The second kappa shape index (κ2) is 4.85. The molecule has 0 unspecified atom stereocenters. The van der Waals surface area contributed by atoms with Gasteiger partial charge in [-0.25, -0.2) is 0 Å². The fourth-order valence-corrected chi connectivity index (χ4v) is 2.60. The molecule has 0 aromatic heterocycles. The molecule has 2 aromatic carbocycles. The van der Waals surface area contributed by atoms with Crippen LogP contribution in [0, 0.1) is 0 Å². The van der Waals surface area contributed by atoms with Crippen molar-refractivity contribution < 1.29 is 5.11 Å². The first-order valence-corrected chi connectivity index (χ1v) is 6.44. The molecular weight excluding hydrogens is 220 g/mol. The predicted octanol–water partition coefficient (Wildman–Crippen LogP) is 4.28. The van der Waals surface area contributed by atoms with E-state index in [9.17, 15) is 5.11 Å². The molecule has 18 heavy (non-hydrogen) atoms. The Balaban J connectivity index is 2.61. The zero-order valence-electron chi connectivity index (χ0n) is 11.3. The van der Waals surface area contributed by atoms with Gasteiger partial charge in [-0.3, -0.25) is 0 Å². The van der Waals surface area contributed by atoms with Gasteiger partial charge in [0.05, 0.1) is 0 Å². The number of benzene rings is 2. The maximum atomic E-state index is 10.2. The number of hydrogen-bond donors (Lipinski definition) is 1. The first kappa shape index (κ1) is 12.7. The molecule has 0 saturated heterocycles. The lowest BCUT2D eigenvalue weighted by atomic mass is 9.75. The van der Waals surface area contributed by atoms with Gasteiger partial charge in [0.1, 0.15) is 5.75 Å². The van der Waals surface area contributed by atoms with E-state index in [4.69, 9.17) is 0 Å². The normalized spacial score (nSPS) is 11.5. The summed E-state index contributed by atoms with van der Waals surface area (Å²) in [5.74, 6) is 0.392. The van der Waals surface area contributed by atoms with E-state index in [-0.39, 0.29) is 5.41 Å². The molecule has 0 spiro atoms. The average Bonchev–Trinajstić information content (AvgIpc) is 2.39. The van der Waals surface area contributed by atoms with Gasteiger partial charge in [-0.15, -0.1) is 0 Å². The van der Waals surface area contributed by atoms with Crippen molar-refractivity contribution in [3.63, 3.8) is 0 Å². The fourth-order valence-electron chi connectivity index (χ4n) is 2.60. The number of rotatable bonds is 3. The highest BCUT2D eigenvalue weighted by atomic mass is 16.3. The van der Waals surface area contributed by atoms with Crippen molar-refractivity contribution in [2.24, 2.45) is 0 Å². The van der Waals surface area contributed by atoms with Crippen LogP contribution in [0.15, 0.2) is 48.5 Å². The summed E-state index contributed by atoms with van der Waals surface area (Å²) < 4.78 is 0. The maximum absolute atomic E-state index is 10.2. The highest BCUT2D eigenvalue weighted by Gasteiger charge is 2.27. The number of phenolic OH excluding ortho intramolecular Hbond substituents is 1. The van der Waals surface area contributed by atoms with E-state index < -0.39 is 0 Å². The van der Waals surface area contributed by atoms with Crippen LogP contribution < -0.4 is 0 Å². The van der Waals surface area contributed by atoms with Gasteiger partial charge < -0.3 is 5.11 Å². The largest absolute Gasteiger partial charge is 0.508 e. The molecule has 0 bridgehead atoms. The Kier molecular flexibility index (Phi) is 3.42. The average molecular weight is 240 g/mol. The minimum absolute atomic E-state index is 0.183. The number of aromatic hydroxyl groups is 1. The van der Waals surface area contributed by atoms with E-state index in [0.29, 0.717) is 5.75 Å². The second-order valence-electron chi connectivity index (χ2n) is 5.16. The van der Waals surface area contributed by atoms with Gasteiger partial charge in [0.2, 0.25) is 0 Å². The topological polar surface area (TPSA) is 20.2 Å². The number of aryl methyl sites for hydroxylation is 1. The summed E-state index contributed by atoms with van der Waals surface area (Å²) in [6.07, 6.45) is 0.931. The molecule has 2 rings (SSSR count). The van der Waals surface area contributed by atoms with Crippen LogP contribution in [0.4, 0.5) is 0 Å². The van der Waals surface area contributed by atoms with Crippen LogP contribution in [0.5, 0.6) is 5.75 Å². The summed E-state index contributed by atoms with van der Waals surface area (Å²) >= 11 is 0. The van der Waals surface area contributed by atoms with Crippen molar-refractivity contribution in [2.75, 3.05) is 0 Å². The summed E-state index contributed by atoms with van der Waals surface area (Å²) in [5.41, 5.74) is 3.29. The lowest BCUT2D eigenvalue weighted by molar-refractivity contribution is 0.451. The SMILES string of the molecule is CCc1cccc(O)c1C(C)(C)c1ccccc1. The van der Waals surface area contributed by atoms with Crippen molar-refractivity contribution in [1.82, 2.24) is 0 Å². The fraction of sp³-hybridized carbons (Fsp3) is 0.294. The zero-order valence-corrected chi connectivity index (χ0v) is 11.3. The van der Waals surface area contributed by atoms with Gasteiger partial charge in [0.25, 0.3) is 0 Å². The van der Waals surface area contributed by atoms with E-state index in [0.717, 1.165) is 12.0 Å². The summed E-state index contributed by atoms with van der Waals surface area (Å²) in [7, 11) is 0. The summed E-state index contributed by atoms with van der Waals surface area (Å²) in [5, 5.41) is 10.2. The van der Waals surface area contributed by atoms with Crippen LogP contribution in [0.2, 0.25) is 0 Å². The maximum Gasteiger partial charge on any atom is 0.119 e. The molecule has 0 atom stereocenters. The van der Waals surface area contributed by atoms with Crippen molar-refractivity contribution in [3.05, 3.63) is 65.2 Å². The summed E-state index contributed by atoms with van der Waals surface area (Å²) in [6, 6.07) is 16.1. The molecule has 2 aromatic rings. The minimum atomic E-state index is -0.183. The third kappa shape index (κ3) is 2.13. The molecule has 0 aliphatic carbocycles. The lowest BCUT2D eigenvalue weighted by Gasteiger charge is -2.29. The smallest absolute Gasteiger partial charge is 0.119 e. The van der Waals surface area contributed by atoms with Crippen molar-refractivity contribution in [3.8, 4) is 5.75 Å². The van der Waals surface area contributed by atoms with E-state index in [1.165, 1.54) is 11.1 Å². The Labute approximate surface area is 109 Å². The quantitative estimate of drug-likeness (QED) is 0.849. The van der Waals surface area contributed by atoms with E-state index >= 15 is 0 Å². The monoisotopic (exact) mass is 240 g/mol. The summed E-state index contributed by atoms with van der Waals surface area (Å²) in [4.78, 5) is 0. The zero-order chi connectivity index (χ0) is 13.2. The molecule has 1 N–H and O–H groups in total. The lowest BCUT2D eigenvalue weighted by Crippen LogP contribution is -2.21. The summed E-state index contributed by atoms with van der Waals surface area (Å²) in [6.45, 7) is 6.45. The third-order valence-corrected chi connectivity index (χ3v) is 3.63. The van der Waals surface area contributed by atoms with Gasteiger partial charge in [0.15, 0.2) is 0 Å². The molecule has 0 radical (unpaired) electrons. The third-order valence-electron chi connectivity index (χ3n) is 3.63. The molecular formula is C17H20O. The first-order valence-electron chi connectivity index (χ1n) is 6.44. The molecule has 0 saturated carbocycles. The molecule has 0 heterocycles. The number of hydrogen-bond acceptors (Lipinski definition) is 1. The molecule has 1 heteroatoms.